The van der Waals surface area contributed by atoms with Crippen molar-refractivity contribution in [2.24, 2.45) is 0 Å². The van der Waals surface area contributed by atoms with Crippen molar-refractivity contribution in [1.29, 1.82) is 0 Å². The lowest BCUT2D eigenvalue weighted by Crippen LogP contribution is -2.12. The fourth-order valence-electron chi connectivity index (χ4n) is 1.42. The van der Waals surface area contributed by atoms with Gasteiger partial charge in [-0.05, 0) is 36.8 Å². The Bertz CT molecular complexity index is 546. The van der Waals surface area contributed by atoms with Crippen molar-refractivity contribution in [2.75, 3.05) is 5.32 Å². The quantitative estimate of drug-likeness (QED) is 0.911. The Morgan fingerprint density at radius 2 is 2.11 bits per heavy atom. The van der Waals surface area contributed by atoms with Gasteiger partial charge in [0, 0.05) is 22.6 Å². The van der Waals surface area contributed by atoms with Gasteiger partial charge < -0.3 is 5.32 Å². The van der Waals surface area contributed by atoms with Crippen molar-refractivity contribution in [3.05, 3.63) is 58.3 Å². The van der Waals surface area contributed by atoms with E-state index in [0.717, 1.165) is 15.7 Å². The van der Waals surface area contributed by atoms with Crippen LogP contribution in [-0.4, -0.2) is 10.9 Å². The molecule has 0 spiro atoms. The van der Waals surface area contributed by atoms with E-state index in [9.17, 15) is 4.79 Å². The molecule has 1 aromatic heterocycles. The first-order chi connectivity index (χ1) is 8.16. The van der Waals surface area contributed by atoms with Gasteiger partial charge in [-0.3, -0.25) is 9.78 Å². The number of rotatable bonds is 2. The molecule has 0 bridgehead atoms. The number of halogens is 2. The fraction of sp³-hybridized carbons (Fsp3) is 0.0769. The van der Waals surface area contributed by atoms with Crippen LogP contribution in [0, 0.1) is 6.92 Å². The van der Waals surface area contributed by atoms with Crippen molar-refractivity contribution in [2.45, 2.75) is 6.92 Å². The molecular weight excluding hydrogens is 316 g/mol. The maximum atomic E-state index is 11.9. The molecule has 18 heavy (non-hydrogen) atoms. The van der Waals surface area contributed by atoms with Gasteiger partial charge in [-0.15, -0.1) is 12.4 Å². The predicted molar refractivity (Wildman–Crippen MR) is 78.3 cm³/mol. The second-order valence-corrected chi connectivity index (χ2v) is 4.57. The van der Waals surface area contributed by atoms with Gasteiger partial charge in [0.2, 0.25) is 0 Å². The lowest BCUT2D eigenvalue weighted by molar-refractivity contribution is 0.102. The normalized spacial score (nSPS) is 9.44. The van der Waals surface area contributed by atoms with E-state index in [2.05, 4.69) is 26.2 Å². The Labute approximate surface area is 120 Å². The number of amides is 1. The van der Waals surface area contributed by atoms with Crippen LogP contribution in [0.25, 0.3) is 0 Å². The molecule has 0 unspecified atom stereocenters. The van der Waals surface area contributed by atoms with Crippen molar-refractivity contribution in [3.63, 3.8) is 0 Å². The molecule has 0 aliphatic carbocycles. The van der Waals surface area contributed by atoms with Crippen LogP contribution in [0.15, 0.2) is 47.2 Å². The second-order valence-electron chi connectivity index (χ2n) is 3.66. The van der Waals surface area contributed by atoms with Crippen LogP contribution in [0.3, 0.4) is 0 Å². The average molecular weight is 328 g/mol. The Hall–Kier alpha value is -1.39. The summed E-state index contributed by atoms with van der Waals surface area (Å²) in [5.74, 6) is -0.153. The van der Waals surface area contributed by atoms with E-state index in [-0.39, 0.29) is 18.3 Å². The van der Waals surface area contributed by atoms with E-state index in [1.54, 1.807) is 24.5 Å². The maximum absolute atomic E-state index is 11.9. The van der Waals surface area contributed by atoms with Crippen LogP contribution in [0.4, 0.5) is 5.69 Å². The van der Waals surface area contributed by atoms with E-state index in [0.29, 0.717) is 5.56 Å². The van der Waals surface area contributed by atoms with Crippen LogP contribution in [0.1, 0.15) is 15.9 Å². The molecule has 1 N–H and O–H groups in total. The zero-order chi connectivity index (χ0) is 12.3. The van der Waals surface area contributed by atoms with E-state index in [1.807, 2.05) is 25.1 Å². The molecular formula is C13H12BrClN2O. The summed E-state index contributed by atoms with van der Waals surface area (Å²) in [6, 6.07) is 9.24. The van der Waals surface area contributed by atoms with E-state index >= 15 is 0 Å². The van der Waals surface area contributed by atoms with Gasteiger partial charge in [0.05, 0.1) is 5.56 Å². The van der Waals surface area contributed by atoms with Crippen LogP contribution in [0.2, 0.25) is 0 Å². The van der Waals surface area contributed by atoms with Crippen LogP contribution in [-0.2, 0) is 0 Å². The Kier molecular flexibility index (Phi) is 5.31. The summed E-state index contributed by atoms with van der Waals surface area (Å²) in [6.07, 6.45) is 3.18. The molecule has 1 aromatic carbocycles. The number of aromatic nitrogens is 1. The molecule has 0 atom stereocenters. The zero-order valence-electron chi connectivity index (χ0n) is 9.68. The largest absolute Gasteiger partial charge is 0.322 e. The topological polar surface area (TPSA) is 42.0 Å². The summed E-state index contributed by atoms with van der Waals surface area (Å²) in [6.45, 7) is 1.95. The highest BCUT2D eigenvalue weighted by molar-refractivity contribution is 9.10. The molecule has 0 fully saturated rings. The molecule has 1 heterocycles. The van der Waals surface area contributed by atoms with Crippen molar-refractivity contribution in [3.8, 4) is 0 Å². The smallest absolute Gasteiger partial charge is 0.257 e. The van der Waals surface area contributed by atoms with Crippen LogP contribution < -0.4 is 5.32 Å². The first-order valence-electron chi connectivity index (χ1n) is 5.14. The Morgan fingerprint density at radius 1 is 1.33 bits per heavy atom. The number of pyridine rings is 1. The minimum atomic E-state index is -0.153. The lowest BCUT2D eigenvalue weighted by Gasteiger charge is -2.08. The minimum Gasteiger partial charge on any atom is -0.322 e. The first kappa shape index (κ1) is 14.7. The zero-order valence-corrected chi connectivity index (χ0v) is 12.1. The molecule has 2 rings (SSSR count). The third-order valence-electron chi connectivity index (χ3n) is 2.37. The van der Waals surface area contributed by atoms with Gasteiger partial charge >= 0.3 is 0 Å². The second kappa shape index (κ2) is 6.52. The van der Waals surface area contributed by atoms with Gasteiger partial charge in [-0.1, -0.05) is 22.0 Å². The van der Waals surface area contributed by atoms with Gasteiger partial charge in [0.1, 0.15) is 0 Å². The van der Waals surface area contributed by atoms with Gasteiger partial charge in [0.15, 0.2) is 0 Å². The predicted octanol–water partition coefficient (Wildman–Crippen LogP) is 3.83. The standard InChI is InChI=1S/C13H11BrN2O.ClH/c1-9-4-5-11(14)7-12(9)16-13(17)10-3-2-6-15-8-10;/h2-8H,1H3,(H,16,17);1H. The summed E-state index contributed by atoms with van der Waals surface area (Å²) in [7, 11) is 0. The van der Waals surface area contributed by atoms with Crippen LogP contribution in [0.5, 0.6) is 0 Å². The highest BCUT2D eigenvalue weighted by Gasteiger charge is 2.07. The molecule has 1 amide bonds. The number of hydrogen-bond donors (Lipinski definition) is 1. The third-order valence-corrected chi connectivity index (χ3v) is 2.86. The summed E-state index contributed by atoms with van der Waals surface area (Å²) in [4.78, 5) is 15.8. The molecule has 0 radical (unpaired) electrons. The summed E-state index contributed by atoms with van der Waals surface area (Å²) in [5, 5.41) is 2.86. The highest BCUT2D eigenvalue weighted by atomic mass is 79.9. The number of anilines is 1. The van der Waals surface area contributed by atoms with Crippen molar-refractivity contribution in [1.82, 2.24) is 4.98 Å². The number of carbonyl (C=O) groups is 1. The Morgan fingerprint density at radius 3 is 2.78 bits per heavy atom. The molecule has 0 saturated carbocycles. The van der Waals surface area contributed by atoms with Crippen molar-refractivity contribution < 1.29 is 4.79 Å². The minimum absolute atomic E-state index is 0. The van der Waals surface area contributed by atoms with E-state index in [4.69, 9.17) is 0 Å². The van der Waals surface area contributed by atoms with Crippen LogP contribution >= 0.6 is 28.3 Å². The summed E-state index contributed by atoms with van der Waals surface area (Å²) >= 11 is 3.38. The van der Waals surface area contributed by atoms with Gasteiger partial charge in [0.25, 0.3) is 5.91 Å². The fourth-order valence-corrected chi connectivity index (χ4v) is 1.78. The van der Waals surface area contributed by atoms with E-state index < -0.39 is 0 Å². The monoisotopic (exact) mass is 326 g/mol. The Balaban J connectivity index is 0.00000162. The molecule has 2 aromatic rings. The van der Waals surface area contributed by atoms with Gasteiger partial charge in [-0.25, -0.2) is 0 Å². The SMILES string of the molecule is Cc1ccc(Br)cc1NC(=O)c1cccnc1.Cl. The third kappa shape index (κ3) is 3.55. The molecule has 0 aliphatic rings. The molecule has 5 heteroatoms. The summed E-state index contributed by atoms with van der Waals surface area (Å²) in [5.41, 5.74) is 2.37. The number of nitrogens with zero attached hydrogens (tertiary/aromatic N) is 1. The van der Waals surface area contributed by atoms with Crippen molar-refractivity contribution >= 4 is 39.9 Å². The lowest BCUT2D eigenvalue weighted by atomic mass is 10.2. The molecule has 0 aliphatic heterocycles. The number of carbonyl (C=O) groups excluding carboxylic acids is 1. The number of benzene rings is 1. The number of aryl methyl sites for hydroxylation is 1. The average Bonchev–Trinajstić information content (AvgIpc) is 2.35. The van der Waals surface area contributed by atoms with Gasteiger partial charge in [-0.2, -0.15) is 0 Å². The first-order valence-corrected chi connectivity index (χ1v) is 5.93. The summed E-state index contributed by atoms with van der Waals surface area (Å²) < 4.78 is 0.935. The number of hydrogen-bond acceptors (Lipinski definition) is 2. The highest BCUT2D eigenvalue weighted by Crippen LogP contribution is 2.21. The molecule has 0 saturated heterocycles. The van der Waals surface area contributed by atoms with E-state index in [1.165, 1.54) is 0 Å². The molecule has 94 valence electrons. The maximum Gasteiger partial charge on any atom is 0.257 e. The number of nitrogens with one attached hydrogen (secondary N) is 1. The molecule has 3 nitrogen and oxygen atoms in total.